The molecule has 5 atom stereocenters. The normalized spacial score (nSPS) is 19.2. The minimum atomic E-state index is -1.17. The van der Waals surface area contributed by atoms with Crippen molar-refractivity contribution >= 4 is 41.4 Å². The van der Waals surface area contributed by atoms with Gasteiger partial charge in [-0.3, -0.25) is 28.8 Å². The molecule has 5 N–H and O–H groups in total. The molecule has 7 amide bonds. The number of rotatable bonds is 14. The number of amides is 7. The summed E-state index contributed by atoms with van der Waals surface area (Å²) in [5.74, 6) is -4.02. The third-order valence-corrected chi connectivity index (χ3v) is 9.39. The molecule has 1 saturated carbocycles. The first kappa shape index (κ1) is 41.9. The van der Waals surface area contributed by atoms with Crippen molar-refractivity contribution in [3.05, 3.63) is 35.9 Å². The molecule has 1 aliphatic carbocycles. The van der Waals surface area contributed by atoms with Crippen LogP contribution >= 0.6 is 0 Å². The van der Waals surface area contributed by atoms with Crippen molar-refractivity contribution in [2.75, 3.05) is 27.2 Å². The van der Waals surface area contributed by atoms with Crippen molar-refractivity contribution in [3.63, 3.8) is 0 Å². The summed E-state index contributed by atoms with van der Waals surface area (Å²) in [6, 6.07) is 4.11. The van der Waals surface area contributed by atoms with Gasteiger partial charge in [-0.2, -0.15) is 0 Å². The molecule has 14 nitrogen and oxygen atoms in total. The van der Waals surface area contributed by atoms with Crippen molar-refractivity contribution in [2.45, 2.75) is 111 Å². The minimum absolute atomic E-state index is 0.0114. The highest BCUT2D eigenvalue weighted by Gasteiger charge is 2.48. The fourth-order valence-corrected chi connectivity index (χ4v) is 6.40. The van der Waals surface area contributed by atoms with Crippen LogP contribution in [0, 0.1) is 23.2 Å². The van der Waals surface area contributed by atoms with Crippen LogP contribution in [0.3, 0.4) is 0 Å². The zero-order valence-corrected chi connectivity index (χ0v) is 32.4. The number of likely N-dealkylation sites (tertiary alicyclic amines) is 1. The van der Waals surface area contributed by atoms with Gasteiger partial charge < -0.3 is 36.4 Å². The number of hydrogen-bond donors (Lipinski definition) is 5. The molecule has 0 radical (unpaired) electrons. The van der Waals surface area contributed by atoms with Gasteiger partial charge in [0.05, 0.1) is 12.6 Å². The molecule has 0 aromatic heterocycles. The smallest absolute Gasteiger partial charge is 0.315 e. The van der Waals surface area contributed by atoms with Crippen molar-refractivity contribution in [1.82, 2.24) is 36.4 Å². The highest BCUT2D eigenvalue weighted by Crippen LogP contribution is 2.35. The van der Waals surface area contributed by atoms with Gasteiger partial charge in [-0.05, 0) is 62.3 Å². The van der Waals surface area contributed by atoms with Crippen LogP contribution < -0.4 is 26.6 Å². The first-order chi connectivity index (χ1) is 24.1. The lowest BCUT2D eigenvalue weighted by molar-refractivity contribution is -0.145. The van der Waals surface area contributed by atoms with Gasteiger partial charge in [0.2, 0.25) is 29.4 Å². The first-order valence-corrected chi connectivity index (χ1v) is 18.2. The number of likely N-dealkylation sites (N-methyl/N-ethyl adjacent to an activating group) is 1. The van der Waals surface area contributed by atoms with Crippen LogP contribution in [0.5, 0.6) is 0 Å². The number of nitrogens with zero attached hydrogens (tertiary/aromatic N) is 2. The average Bonchev–Trinajstić information content (AvgIpc) is 3.75. The Labute approximate surface area is 307 Å². The van der Waals surface area contributed by atoms with E-state index in [0.717, 1.165) is 12.8 Å². The SMILES string of the molecule is CC(C)[C@H]1CCN(C(=O)C(NC(=O)NC(C)(C)C)C(C)(C)C)C1C(=O)NC(CC1CC1)C(=O)C(=O)NCC(=O)NC(C(=O)N(C)C)c1ccccc1. The van der Waals surface area contributed by atoms with Crippen molar-refractivity contribution in [2.24, 2.45) is 23.2 Å². The molecule has 2 fully saturated rings. The average molecular weight is 726 g/mol. The van der Waals surface area contributed by atoms with Gasteiger partial charge in [0.25, 0.3) is 5.91 Å². The molecule has 1 aliphatic heterocycles. The Balaban J connectivity index is 1.76. The summed E-state index contributed by atoms with van der Waals surface area (Å²) >= 11 is 0. The lowest BCUT2D eigenvalue weighted by Gasteiger charge is -2.37. The van der Waals surface area contributed by atoms with Gasteiger partial charge in [-0.15, -0.1) is 0 Å². The second-order valence-electron chi connectivity index (χ2n) is 16.8. The highest BCUT2D eigenvalue weighted by molar-refractivity contribution is 6.38. The van der Waals surface area contributed by atoms with E-state index >= 15 is 0 Å². The van der Waals surface area contributed by atoms with Crippen LogP contribution in [-0.4, -0.2) is 102 Å². The maximum absolute atomic E-state index is 14.2. The summed E-state index contributed by atoms with van der Waals surface area (Å²) in [6.07, 6.45) is 2.48. The molecule has 1 heterocycles. The number of Topliss-reactive ketones (excluding diaryl/α,β-unsaturated/α-hetero) is 1. The summed E-state index contributed by atoms with van der Waals surface area (Å²) in [5.41, 5.74) is -0.677. The molecule has 14 heteroatoms. The van der Waals surface area contributed by atoms with E-state index in [-0.39, 0.29) is 36.6 Å². The van der Waals surface area contributed by atoms with Crippen LogP contribution in [-0.2, 0) is 28.8 Å². The molecule has 2 aliphatic rings. The van der Waals surface area contributed by atoms with Gasteiger partial charge in [-0.1, -0.05) is 77.8 Å². The standard InChI is InChI=1S/C38H59N7O7/c1-22(2)25-18-19-45(35(51)31(37(3,4)5)42-36(52)43-38(6,7)8)29(25)32(48)40-26(20-23-16-17-23)30(47)33(49)39-21-27(46)41-28(34(50)44(9)10)24-14-12-11-13-15-24/h11-15,22-23,25-26,28-29,31H,16-21H2,1-10H3,(H,39,49)(H,40,48)(H,41,46)(H2,42,43,52)/t25-,26?,28?,29?,31?/m1/s1. The second-order valence-corrected chi connectivity index (χ2v) is 16.8. The molecular weight excluding hydrogens is 666 g/mol. The summed E-state index contributed by atoms with van der Waals surface area (Å²) < 4.78 is 0. The van der Waals surface area contributed by atoms with Gasteiger partial charge in [0.15, 0.2) is 0 Å². The van der Waals surface area contributed by atoms with E-state index in [4.69, 9.17) is 0 Å². The van der Waals surface area contributed by atoms with Crippen LogP contribution in [0.25, 0.3) is 0 Å². The van der Waals surface area contributed by atoms with Gasteiger partial charge in [0.1, 0.15) is 18.1 Å². The number of urea groups is 1. The highest BCUT2D eigenvalue weighted by atomic mass is 16.2. The quantitative estimate of drug-likeness (QED) is 0.182. The van der Waals surface area contributed by atoms with Crippen molar-refractivity contribution < 1.29 is 33.6 Å². The molecular formula is C38H59N7O7. The molecule has 0 bridgehead atoms. The summed E-state index contributed by atoms with van der Waals surface area (Å²) in [7, 11) is 3.13. The maximum atomic E-state index is 14.2. The van der Waals surface area contributed by atoms with Crippen LogP contribution in [0.2, 0.25) is 0 Å². The predicted molar refractivity (Wildman–Crippen MR) is 196 cm³/mol. The Morgan fingerprint density at radius 3 is 2.00 bits per heavy atom. The Morgan fingerprint density at radius 2 is 1.48 bits per heavy atom. The molecule has 1 aromatic rings. The largest absolute Gasteiger partial charge is 0.347 e. The van der Waals surface area contributed by atoms with Crippen LogP contribution in [0.15, 0.2) is 30.3 Å². The topological polar surface area (TPSA) is 186 Å². The Bertz CT molecular complexity index is 1480. The zero-order valence-electron chi connectivity index (χ0n) is 32.4. The molecule has 52 heavy (non-hydrogen) atoms. The molecule has 1 saturated heterocycles. The van der Waals surface area contributed by atoms with E-state index in [1.807, 2.05) is 55.4 Å². The minimum Gasteiger partial charge on any atom is -0.347 e. The fraction of sp³-hybridized carbons (Fsp3) is 0.658. The third-order valence-electron chi connectivity index (χ3n) is 9.39. The van der Waals surface area contributed by atoms with Gasteiger partial charge in [-0.25, -0.2) is 4.79 Å². The van der Waals surface area contributed by atoms with Crippen molar-refractivity contribution in [3.8, 4) is 0 Å². The number of hydrogen-bond acceptors (Lipinski definition) is 7. The Hall–Kier alpha value is -4.49. The summed E-state index contributed by atoms with van der Waals surface area (Å²) in [6.45, 7) is 14.7. The number of carbonyl (C=O) groups excluding carboxylic acids is 7. The van der Waals surface area contributed by atoms with Gasteiger partial charge >= 0.3 is 6.03 Å². The van der Waals surface area contributed by atoms with E-state index in [0.29, 0.717) is 12.0 Å². The van der Waals surface area contributed by atoms with Gasteiger partial charge in [0, 0.05) is 26.2 Å². The van der Waals surface area contributed by atoms with E-state index in [9.17, 15) is 33.6 Å². The van der Waals surface area contributed by atoms with E-state index in [1.165, 1.54) is 9.80 Å². The molecule has 1 aromatic carbocycles. The molecule has 288 valence electrons. The number of ketones is 1. The number of nitrogens with one attached hydrogen (secondary N) is 5. The Morgan fingerprint density at radius 1 is 0.865 bits per heavy atom. The molecule has 3 rings (SSSR count). The maximum Gasteiger partial charge on any atom is 0.315 e. The van der Waals surface area contributed by atoms with Crippen LogP contribution in [0.1, 0.15) is 92.7 Å². The van der Waals surface area contributed by atoms with E-state index in [2.05, 4.69) is 26.6 Å². The monoisotopic (exact) mass is 725 g/mol. The Kier molecular flexibility index (Phi) is 14.0. The first-order valence-electron chi connectivity index (χ1n) is 18.2. The third kappa shape index (κ3) is 11.8. The van der Waals surface area contributed by atoms with Crippen molar-refractivity contribution in [1.29, 1.82) is 0 Å². The lowest BCUT2D eigenvalue weighted by atomic mass is 9.84. The van der Waals surface area contributed by atoms with E-state index < -0.39 is 77.1 Å². The number of benzene rings is 1. The van der Waals surface area contributed by atoms with Crippen LogP contribution in [0.4, 0.5) is 4.79 Å². The number of carbonyl (C=O) groups is 7. The summed E-state index contributed by atoms with van der Waals surface area (Å²) in [4.78, 5) is 96.5. The molecule has 0 spiro atoms. The van der Waals surface area contributed by atoms with E-state index in [1.54, 1.807) is 44.4 Å². The summed E-state index contributed by atoms with van der Waals surface area (Å²) in [5, 5.41) is 13.4. The zero-order chi connectivity index (χ0) is 39.1. The molecule has 4 unspecified atom stereocenters. The predicted octanol–water partition coefficient (Wildman–Crippen LogP) is 2.29. The lowest BCUT2D eigenvalue weighted by Crippen LogP contribution is -2.62. The fourth-order valence-electron chi connectivity index (χ4n) is 6.40. The second kappa shape index (κ2) is 17.4.